The maximum atomic E-state index is 12.8. The van der Waals surface area contributed by atoms with Crippen molar-refractivity contribution in [3.05, 3.63) is 60.2 Å². The minimum atomic E-state index is -0.578. The van der Waals surface area contributed by atoms with E-state index in [0.717, 1.165) is 11.1 Å². The van der Waals surface area contributed by atoms with Crippen LogP contribution < -0.4 is 10.6 Å². The van der Waals surface area contributed by atoms with Gasteiger partial charge in [0, 0.05) is 37.7 Å². The van der Waals surface area contributed by atoms with Crippen LogP contribution in [0.4, 0.5) is 16.2 Å². The summed E-state index contributed by atoms with van der Waals surface area (Å²) in [6.45, 7) is 5.40. The number of methoxy groups -OCH3 is 1. The molecule has 9 nitrogen and oxygen atoms in total. The normalized spacial score (nSPS) is 11.1. The van der Waals surface area contributed by atoms with Crippen molar-refractivity contribution in [1.29, 1.82) is 0 Å². The zero-order valence-electron chi connectivity index (χ0n) is 19.6. The Hall–Kier alpha value is -4.01. The molecule has 0 bridgehead atoms. The number of aromatic nitrogens is 2. The highest BCUT2D eigenvalue weighted by molar-refractivity contribution is 6.04. The van der Waals surface area contributed by atoms with E-state index in [1.165, 1.54) is 7.11 Å². The molecule has 3 aromatic rings. The molecule has 2 N–H and O–H groups in total. The molecular formula is C24H28N4O5. The standard InChI is InChI=1S/C24H28N4O5/c1-24(2,3)33-23(31)26-17-9-7-15(8-10-17)16-11-19(27(4)13-16)21(29)25-18-12-20(22(30)32-6)28(5)14-18/h7-14H,1-6H3,(H,25,29)(H,26,31). The molecule has 0 unspecified atom stereocenters. The summed E-state index contributed by atoms with van der Waals surface area (Å²) in [5, 5.41) is 5.50. The van der Waals surface area contributed by atoms with Crippen LogP contribution in [0.5, 0.6) is 0 Å². The predicted octanol–water partition coefficient (Wildman–Crippen LogP) is 4.42. The van der Waals surface area contributed by atoms with E-state index in [1.54, 1.807) is 74.5 Å². The van der Waals surface area contributed by atoms with Crippen LogP contribution in [0.2, 0.25) is 0 Å². The number of ether oxygens (including phenoxy) is 2. The molecule has 3 rings (SSSR count). The maximum absolute atomic E-state index is 12.8. The molecule has 0 saturated heterocycles. The minimum Gasteiger partial charge on any atom is -0.464 e. The zero-order chi connectivity index (χ0) is 24.3. The highest BCUT2D eigenvalue weighted by atomic mass is 16.6. The molecule has 0 spiro atoms. The second-order valence-corrected chi connectivity index (χ2v) is 8.60. The lowest BCUT2D eigenvalue weighted by molar-refractivity contribution is 0.0587. The van der Waals surface area contributed by atoms with Crippen LogP contribution in [0.1, 0.15) is 41.7 Å². The van der Waals surface area contributed by atoms with Crippen LogP contribution in [-0.4, -0.2) is 39.8 Å². The Morgan fingerprint density at radius 3 is 2.06 bits per heavy atom. The highest BCUT2D eigenvalue weighted by Crippen LogP contribution is 2.25. The van der Waals surface area contributed by atoms with E-state index in [2.05, 4.69) is 10.6 Å². The van der Waals surface area contributed by atoms with E-state index < -0.39 is 17.7 Å². The zero-order valence-corrected chi connectivity index (χ0v) is 19.6. The Balaban J connectivity index is 1.71. The Morgan fingerprint density at radius 2 is 1.45 bits per heavy atom. The van der Waals surface area contributed by atoms with Gasteiger partial charge in [-0.1, -0.05) is 12.1 Å². The molecular weight excluding hydrogens is 424 g/mol. The van der Waals surface area contributed by atoms with Crippen LogP contribution in [0.15, 0.2) is 48.8 Å². The highest BCUT2D eigenvalue weighted by Gasteiger charge is 2.18. The van der Waals surface area contributed by atoms with Gasteiger partial charge in [0.2, 0.25) is 0 Å². The fourth-order valence-electron chi connectivity index (χ4n) is 3.25. The van der Waals surface area contributed by atoms with Gasteiger partial charge in [0.15, 0.2) is 0 Å². The van der Waals surface area contributed by atoms with Crippen LogP contribution >= 0.6 is 0 Å². The van der Waals surface area contributed by atoms with Gasteiger partial charge in [-0.05, 0) is 50.6 Å². The summed E-state index contributed by atoms with van der Waals surface area (Å²) in [6.07, 6.45) is 2.96. The van der Waals surface area contributed by atoms with Crippen molar-refractivity contribution in [2.75, 3.05) is 17.7 Å². The lowest BCUT2D eigenvalue weighted by Gasteiger charge is -2.19. The fourth-order valence-corrected chi connectivity index (χ4v) is 3.25. The van der Waals surface area contributed by atoms with Crippen molar-refractivity contribution in [2.45, 2.75) is 26.4 Å². The lowest BCUT2D eigenvalue weighted by Crippen LogP contribution is -2.27. The molecule has 0 aliphatic heterocycles. The number of amides is 2. The molecule has 0 saturated carbocycles. The molecule has 0 atom stereocenters. The predicted molar refractivity (Wildman–Crippen MR) is 125 cm³/mol. The van der Waals surface area contributed by atoms with Crippen molar-refractivity contribution in [2.24, 2.45) is 14.1 Å². The van der Waals surface area contributed by atoms with Crippen molar-refractivity contribution in [3.63, 3.8) is 0 Å². The quantitative estimate of drug-likeness (QED) is 0.558. The van der Waals surface area contributed by atoms with Gasteiger partial charge in [-0.2, -0.15) is 0 Å². The summed E-state index contributed by atoms with van der Waals surface area (Å²) in [4.78, 5) is 36.5. The third-order valence-corrected chi connectivity index (χ3v) is 4.76. The van der Waals surface area contributed by atoms with Crippen molar-refractivity contribution in [3.8, 4) is 11.1 Å². The van der Waals surface area contributed by atoms with E-state index in [9.17, 15) is 14.4 Å². The number of nitrogens with zero attached hydrogens (tertiary/aromatic N) is 2. The molecule has 1 aromatic carbocycles. The van der Waals surface area contributed by atoms with Gasteiger partial charge in [-0.25, -0.2) is 9.59 Å². The fraction of sp³-hybridized carbons (Fsp3) is 0.292. The summed E-state index contributed by atoms with van der Waals surface area (Å²) in [7, 11) is 4.78. The Labute approximate surface area is 192 Å². The smallest absolute Gasteiger partial charge is 0.412 e. The number of hydrogen-bond acceptors (Lipinski definition) is 5. The SMILES string of the molecule is COC(=O)c1cc(NC(=O)c2cc(-c3ccc(NC(=O)OC(C)(C)C)cc3)cn2C)cn1C. The van der Waals surface area contributed by atoms with Gasteiger partial charge in [0.1, 0.15) is 17.0 Å². The van der Waals surface area contributed by atoms with E-state index in [-0.39, 0.29) is 5.91 Å². The molecule has 33 heavy (non-hydrogen) atoms. The number of nitrogens with one attached hydrogen (secondary N) is 2. The van der Waals surface area contributed by atoms with E-state index in [4.69, 9.17) is 9.47 Å². The molecule has 2 aromatic heterocycles. The third-order valence-electron chi connectivity index (χ3n) is 4.76. The van der Waals surface area contributed by atoms with Crippen LogP contribution in [0.3, 0.4) is 0 Å². The number of rotatable bonds is 5. The molecule has 0 fully saturated rings. The second kappa shape index (κ2) is 9.23. The number of benzene rings is 1. The van der Waals surface area contributed by atoms with Gasteiger partial charge < -0.3 is 23.9 Å². The van der Waals surface area contributed by atoms with Crippen molar-refractivity contribution < 1.29 is 23.9 Å². The lowest BCUT2D eigenvalue weighted by atomic mass is 10.1. The van der Waals surface area contributed by atoms with Gasteiger partial charge in [0.05, 0.1) is 12.8 Å². The topological polar surface area (TPSA) is 104 Å². The number of carbonyl (C=O) groups excluding carboxylic acids is 3. The number of anilines is 2. The van der Waals surface area contributed by atoms with Gasteiger partial charge in [0.25, 0.3) is 5.91 Å². The summed E-state index contributed by atoms with van der Waals surface area (Å²) >= 11 is 0. The Morgan fingerprint density at radius 1 is 0.818 bits per heavy atom. The minimum absolute atomic E-state index is 0.311. The first kappa shape index (κ1) is 23.6. The number of aryl methyl sites for hydroxylation is 2. The van der Waals surface area contributed by atoms with Gasteiger partial charge >= 0.3 is 12.1 Å². The van der Waals surface area contributed by atoms with Crippen LogP contribution in [-0.2, 0) is 23.6 Å². The molecule has 2 amide bonds. The van der Waals surface area contributed by atoms with Crippen molar-refractivity contribution in [1.82, 2.24) is 9.13 Å². The largest absolute Gasteiger partial charge is 0.464 e. The maximum Gasteiger partial charge on any atom is 0.412 e. The summed E-state index contributed by atoms with van der Waals surface area (Å²) < 4.78 is 13.3. The van der Waals surface area contributed by atoms with E-state index in [1.807, 2.05) is 18.3 Å². The molecule has 0 aliphatic carbocycles. The summed E-state index contributed by atoms with van der Waals surface area (Å²) in [5.74, 6) is -0.794. The molecule has 174 valence electrons. The Kier molecular flexibility index (Phi) is 6.62. The van der Waals surface area contributed by atoms with Crippen molar-refractivity contribution >= 4 is 29.3 Å². The van der Waals surface area contributed by atoms with Gasteiger partial charge in [-0.15, -0.1) is 0 Å². The van der Waals surface area contributed by atoms with Crippen LogP contribution in [0, 0.1) is 0 Å². The first-order chi connectivity index (χ1) is 15.5. The van der Waals surface area contributed by atoms with Crippen LogP contribution in [0.25, 0.3) is 11.1 Å². The summed E-state index contributed by atoms with van der Waals surface area (Å²) in [6, 6.07) is 10.6. The Bertz CT molecular complexity index is 1180. The monoisotopic (exact) mass is 452 g/mol. The average molecular weight is 453 g/mol. The number of esters is 1. The first-order valence-electron chi connectivity index (χ1n) is 10.3. The molecule has 0 radical (unpaired) electrons. The third kappa shape index (κ3) is 5.82. The molecule has 9 heteroatoms. The number of carbonyl (C=O) groups is 3. The first-order valence-corrected chi connectivity index (χ1v) is 10.3. The molecule has 2 heterocycles. The second-order valence-electron chi connectivity index (χ2n) is 8.60. The van der Waals surface area contributed by atoms with Gasteiger partial charge in [-0.3, -0.25) is 10.1 Å². The number of hydrogen-bond donors (Lipinski definition) is 2. The summed E-state index contributed by atoms with van der Waals surface area (Å²) in [5.41, 5.74) is 3.02. The molecule has 0 aliphatic rings. The van der Waals surface area contributed by atoms with E-state index in [0.29, 0.717) is 22.8 Å². The average Bonchev–Trinajstić information content (AvgIpc) is 3.29. The van der Waals surface area contributed by atoms with E-state index >= 15 is 0 Å².